The molecule has 0 atom stereocenters. The smallest absolute Gasteiger partial charge is 0.0940 e. The normalized spacial score (nSPS) is 10.8. The van der Waals surface area contributed by atoms with E-state index in [9.17, 15) is 0 Å². The quantitative estimate of drug-likeness (QED) is 0.642. The molecular formula is C14H19N3S. The first-order chi connectivity index (χ1) is 8.65. The van der Waals surface area contributed by atoms with E-state index in [0.29, 0.717) is 0 Å². The van der Waals surface area contributed by atoms with E-state index in [1.165, 1.54) is 16.1 Å². The SMILES string of the molecule is Cc1ccc(N)c(CNCCc2nc(C)cs2)c1. The average molecular weight is 261 g/mol. The van der Waals surface area contributed by atoms with Crippen LogP contribution < -0.4 is 11.1 Å². The molecule has 18 heavy (non-hydrogen) atoms. The topological polar surface area (TPSA) is 50.9 Å². The Labute approximate surface area is 112 Å². The van der Waals surface area contributed by atoms with Gasteiger partial charge in [0.25, 0.3) is 0 Å². The van der Waals surface area contributed by atoms with Crippen LogP contribution in [0.3, 0.4) is 0 Å². The average Bonchev–Trinajstić information content (AvgIpc) is 2.75. The maximum atomic E-state index is 5.94. The molecule has 0 saturated heterocycles. The maximum absolute atomic E-state index is 5.94. The molecule has 0 bridgehead atoms. The number of nitrogen functional groups attached to an aromatic ring is 1. The molecule has 0 radical (unpaired) electrons. The van der Waals surface area contributed by atoms with Crippen molar-refractivity contribution in [3.8, 4) is 0 Å². The van der Waals surface area contributed by atoms with Crippen LogP contribution in [0, 0.1) is 13.8 Å². The third-order valence-electron chi connectivity index (χ3n) is 2.80. The molecule has 0 spiro atoms. The van der Waals surface area contributed by atoms with Gasteiger partial charge in [-0.25, -0.2) is 4.98 Å². The first kappa shape index (κ1) is 13.1. The minimum Gasteiger partial charge on any atom is -0.398 e. The van der Waals surface area contributed by atoms with Crippen molar-refractivity contribution in [3.05, 3.63) is 45.4 Å². The number of aryl methyl sites for hydroxylation is 2. The molecular weight excluding hydrogens is 242 g/mol. The van der Waals surface area contributed by atoms with Crippen molar-refractivity contribution in [2.45, 2.75) is 26.8 Å². The number of benzene rings is 1. The minimum absolute atomic E-state index is 0.817. The summed E-state index contributed by atoms with van der Waals surface area (Å²) in [6.07, 6.45) is 0.976. The molecule has 0 aliphatic carbocycles. The van der Waals surface area contributed by atoms with E-state index in [0.717, 1.165) is 30.9 Å². The predicted molar refractivity (Wildman–Crippen MR) is 77.9 cm³/mol. The Morgan fingerprint density at radius 1 is 1.33 bits per heavy atom. The Morgan fingerprint density at radius 2 is 2.17 bits per heavy atom. The van der Waals surface area contributed by atoms with Crippen LogP contribution in [-0.2, 0) is 13.0 Å². The summed E-state index contributed by atoms with van der Waals surface area (Å²) in [5.41, 5.74) is 10.3. The molecule has 1 heterocycles. The van der Waals surface area contributed by atoms with Crippen molar-refractivity contribution < 1.29 is 0 Å². The lowest BCUT2D eigenvalue weighted by Crippen LogP contribution is -2.17. The van der Waals surface area contributed by atoms with Gasteiger partial charge in [0.1, 0.15) is 0 Å². The second-order valence-electron chi connectivity index (χ2n) is 4.51. The predicted octanol–water partition coefficient (Wildman–Crippen LogP) is 2.67. The Morgan fingerprint density at radius 3 is 2.89 bits per heavy atom. The molecule has 3 N–H and O–H groups in total. The summed E-state index contributed by atoms with van der Waals surface area (Å²) >= 11 is 1.73. The second-order valence-corrected chi connectivity index (χ2v) is 5.45. The fourth-order valence-electron chi connectivity index (χ4n) is 1.82. The summed E-state index contributed by atoms with van der Waals surface area (Å²) in [6, 6.07) is 6.14. The van der Waals surface area contributed by atoms with Crippen molar-refractivity contribution in [1.82, 2.24) is 10.3 Å². The first-order valence-corrected chi connectivity index (χ1v) is 7.00. The van der Waals surface area contributed by atoms with Gasteiger partial charge >= 0.3 is 0 Å². The van der Waals surface area contributed by atoms with Crippen molar-refractivity contribution >= 4 is 17.0 Å². The fourth-order valence-corrected chi connectivity index (χ4v) is 2.60. The van der Waals surface area contributed by atoms with Gasteiger partial charge in [-0.1, -0.05) is 17.7 Å². The second kappa shape index (κ2) is 5.98. The number of aromatic nitrogens is 1. The van der Waals surface area contributed by atoms with Crippen molar-refractivity contribution in [3.63, 3.8) is 0 Å². The molecule has 0 fully saturated rings. The summed E-state index contributed by atoms with van der Waals surface area (Å²) in [4.78, 5) is 4.44. The summed E-state index contributed by atoms with van der Waals surface area (Å²) in [6.45, 7) is 5.86. The highest BCUT2D eigenvalue weighted by Gasteiger charge is 2.01. The van der Waals surface area contributed by atoms with Gasteiger partial charge in [-0.3, -0.25) is 0 Å². The molecule has 0 aliphatic heterocycles. The molecule has 0 amide bonds. The van der Waals surface area contributed by atoms with Crippen LogP contribution in [0.1, 0.15) is 21.8 Å². The molecule has 96 valence electrons. The number of thiazole rings is 1. The lowest BCUT2D eigenvalue weighted by Gasteiger charge is -2.08. The fraction of sp³-hybridized carbons (Fsp3) is 0.357. The lowest BCUT2D eigenvalue weighted by atomic mass is 10.1. The third-order valence-corrected chi connectivity index (χ3v) is 3.82. The van der Waals surface area contributed by atoms with E-state index < -0.39 is 0 Å². The maximum Gasteiger partial charge on any atom is 0.0940 e. The molecule has 1 aromatic heterocycles. The van der Waals surface area contributed by atoms with Crippen molar-refractivity contribution in [2.24, 2.45) is 0 Å². The minimum atomic E-state index is 0.817. The van der Waals surface area contributed by atoms with Gasteiger partial charge in [0.15, 0.2) is 0 Å². The summed E-state index contributed by atoms with van der Waals surface area (Å²) in [7, 11) is 0. The molecule has 0 aliphatic rings. The molecule has 2 rings (SSSR count). The molecule has 1 aromatic carbocycles. The van der Waals surface area contributed by atoms with Crippen molar-refractivity contribution in [1.29, 1.82) is 0 Å². The zero-order chi connectivity index (χ0) is 13.0. The highest BCUT2D eigenvalue weighted by atomic mass is 32.1. The number of nitrogens with one attached hydrogen (secondary N) is 1. The Kier molecular flexibility index (Phi) is 4.33. The van der Waals surface area contributed by atoms with Crippen LogP contribution in [0.2, 0.25) is 0 Å². The highest BCUT2D eigenvalue weighted by molar-refractivity contribution is 7.09. The van der Waals surface area contributed by atoms with Crippen LogP contribution in [0.4, 0.5) is 5.69 Å². The Hall–Kier alpha value is -1.39. The van der Waals surface area contributed by atoms with Gasteiger partial charge in [-0.05, 0) is 25.5 Å². The van der Waals surface area contributed by atoms with Crippen LogP contribution in [0.5, 0.6) is 0 Å². The van der Waals surface area contributed by atoms with Crippen LogP contribution in [0.15, 0.2) is 23.6 Å². The van der Waals surface area contributed by atoms with Gasteiger partial charge in [0.05, 0.1) is 5.01 Å². The van der Waals surface area contributed by atoms with E-state index in [4.69, 9.17) is 5.73 Å². The van der Waals surface area contributed by atoms with E-state index >= 15 is 0 Å². The van der Waals surface area contributed by atoms with Gasteiger partial charge in [0.2, 0.25) is 0 Å². The van der Waals surface area contributed by atoms with Crippen molar-refractivity contribution in [2.75, 3.05) is 12.3 Å². The number of hydrogen-bond donors (Lipinski definition) is 2. The molecule has 0 unspecified atom stereocenters. The zero-order valence-corrected chi connectivity index (χ0v) is 11.7. The molecule has 4 heteroatoms. The van der Waals surface area contributed by atoms with E-state index in [2.05, 4.69) is 28.7 Å². The van der Waals surface area contributed by atoms with E-state index in [1.54, 1.807) is 11.3 Å². The van der Waals surface area contributed by atoms with E-state index in [-0.39, 0.29) is 0 Å². The first-order valence-electron chi connectivity index (χ1n) is 6.12. The number of rotatable bonds is 5. The summed E-state index contributed by atoms with van der Waals surface area (Å²) < 4.78 is 0. The largest absolute Gasteiger partial charge is 0.398 e. The van der Waals surface area contributed by atoms with Gasteiger partial charge in [0, 0.05) is 36.3 Å². The molecule has 2 aromatic rings. The lowest BCUT2D eigenvalue weighted by molar-refractivity contribution is 0.685. The monoisotopic (exact) mass is 261 g/mol. The van der Waals surface area contributed by atoms with Crippen LogP contribution in [0.25, 0.3) is 0 Å². The third kappa shape index (κ3) is 3.55. The summed E-state index contributed by atoms with van der Waals surface area (Å²) in [5, 5.41) is 6.70. The number of nitrogens with two attached hydrogens (primary N) is 1. The summed E-state index contributed by atoms with van der Waals surface area (Å²) in [5.74, 6) is 0. The number of anilines is 1. The molecule has 0 saturated carbocycles. The van der Waals surface area contributed by atoms with E-state index in [1.807, 2.05) is 19.1 Å². The Balaban J connectivity index is 1.80. The Bertz CT molecular complexity index is 520. The highest BCUT2D eigenvalue weighted by Crippen LogP contribution is 2.13. The zero-order valence-electron chi connectivity index (χ0n) is 10.9. The van der Waals surface area contributed by atoms with Gasteiger partial charge < -0.3 is 11.1 Å². The van der Waals surface area contributed by atoms with Gasteiger partial charge in [-0.2, -0.15) is 0 Å². The van der Waals surface area contributed by atoms with Crippen LogP contribution >= 0.6 is 11.3 Å². The van der Waals surface area contributed by atoms with Crippen LogP contribution in [-0.4, -0.2) is 11.5 Å². The molecule has 3 nitrogen and oxygen atoms in total. The van der Waals surface area contributed by atoms with Gasteiger partial charge in [-0.15, -0.1) is 11.3 Å². The number of hydrogen-bond acceptors (Lipinski definition) is 4. The number of nitrogens with zero attached hydrogens (tertiary/aromatic N) is 1. The standard InChI is InChI=1S/C14H19N3S/c1-10-3-4-13(15)12(7-10)8-16-6-5-14-17-11(2)9-18-14/h3-4,7,9,16H,5-6,8,15H2,1-2H3.